The number of hydrogen-bond acceptors (Lipinski definition) is 10. The van der Waals surface area contributed by atoms with Crippen molar-refractivity contribution >= 4 is 5.91 Å². The van der Waals surface area contributed by atoms with Gasteiger partial charge in [-0.1, -0.05) is 32.9 Å². The summed E-state index contributed by atoms with van der Waals surface area (Å²) >= 11 is 0. The van der Waals surface area contributed by atoms with Crippen LogP contribution in [0.15, 0.2) is 12.2 Å². The van der Waals surface area contributed by atoms with E-state index in [-0.39, 0.29) is 25.6 Å². The smallest absolute Gasteiger partial charge is 0.256 e. The molecule has 0 aromatic carbocycles. The number of rotatable bonds is 7. The van der Waals surface area contributed by atoms with Crippen LogP contribution in [-0.2, 0) is 28.5 Å². The van der Waals surface area contributed by atoms with Crippen LogP contribution in [0.1, 0.15) is 40.5 Å². The van der Waals surface area contributed by atoms with E-state index < -0.39 is 72.7 Å². The third-order valence-corrected chi connectivity index (χ3v) is 7.44. The number of hydrogen-bond donors (Lipinski definition) is 5. The molecule has 0 bridgehead atoms. The van der Waals surface area contributed by atoms with Crippen molar-refractivity contribution in [2.75, 3.05) is 20.5 Å². The molecule has 0 aromatic heterocycles. The zero-order valence-electron chi connectivity index (χ0n) is 20.5. The first-order valence-electron chi connectivity index (χ1n) is 11.6. The normalized spacial score (nSPS) is 41.9. The molecule has 34 heavy (non-hydrogen) atoms. The topological polar surface area (TPSA) is 156 Å². The van der Waals surface area contributed by atoms with Crippen molar-refractivity contribution in [2.24, 2.45) is 11.3 Å². The van der Waals surface area contributed by atoms with Crippen molar-refractivity contribution in [1.29, 1.82) is 0 Å². The summed E-state index contributed by atoms with van der Waals surface area (Å²) in [7, 11) is 1.54. The van der Waals surface area contributed by atoms with Crippen LogP contribution in [0.25, 0.3) is 0 Å². The molecular formula is C23H39NO10. The maximum atomic E-state index is 13.0. The number of amides is 1. The minimum atomic E-state index is -2.13. The Morgan fingerprint density at radius 1 is 1.26 bits per heavy atom. The number of aliphatic hydroxyl groups excluding tert-OH is 3. The summed E-state index contributed by atoms with van der Waals surface area (Å²) in [6.45, 7) is 10.8. The zero-order chi connectivity index (χ0) is 25.4. The number of methoxy groups -OCH3 is 1. The Bertz CT molecular complexity index is 747. The van der Waals surface area contributed by atoms with Gasteiger partial charge in [-0.15, -0.1) is 0 Å². The molecule has 1 amide bonds. The van der Waals surface area contributed by atoms with Crippen molar-refractivity contribution < 1.29 is 48.9 Å². The van der Waals surface area contributed by atoms with E-state index in [0.717, 1.165) is 0 Å². The fourth-order valence-corrected chi connectivity index (χ4v) is 5.04. The van der Waals surface area contributed by atoms with Crippen LogP contribution in [0.4, 0.5) is 0 Å². The molecule has 3 heterocycles. The van der Waals surface area contributed by atoms with Gasteiger partial charge < -0.3 is 49.4 Å². The van der Waals surface area contributed by atoms with Crippen LogP contribution in [0.2, 0.25) is 0 Å². The molecule has 0 saturated carbocycles. The lowest BCUT2D eigenvalue weighted by atomic mass is 9.72. The van der Waals surface area contributed by atoms with Crippen LogP contribution in [0.3, 0.4) is 0 Å². The Morgan fingerprint density at radius 3 is 2.53 bits per heavy atom. The molecule has 3 fully saturated rings. The summed E-state index contributed by atoms with van der Waals surface area (Å²) in [5, 5.41) is 43.5. The molecule has 3 aliphatic rings. The molecule has 11 nitrogen and oxygen atoms in total. The highest BCUT2D eigenvalue weighted by Crippen LogP contribution is 2.43. The fourth-order valence-electron chi connectivity index (χ4n) is 5.04. The van der Waals surface area contributed by atoms with Crippen molar-refractivity contribution in [3.8, 4) is 0 Å². The molecule has 11 heteroatoms. The van der Waals surface area contributed by atoms with E-state index in [1.807, 2.05) is 20.8 Å². The predicted molar refractivity (Wildman–Crippen MR) is 118 cm³/mol. The standard InChI is InChI=1S/C23H39NO10/c1-11-8-23(29,34-13(3)12(11)2)18(27)20(28)24-21-17-16(31-10-32-21)19(30-6)22(4,5)15(33-17)7-14(26)9-25/h12-19,21,25-27,29H,1,7-10H2,2-6H3,(H,24,28)/t12-,13-,14+,15-,16+,17+,18-,19-,21+,23-/m1/s1. The summed E-state index contributed by atoms with van der Waals surface area (Å²) in [4.78, 5) is 13.0. The molecule has 3 rings (SSSR count). The largest absolute Gasteiger partial charge is 0.394 e. The van der Waals surface area contributed by atoms with Gasteiger partial charge in [-0.05, 0) is 6.92 Å². The molecular weight excluding hydrogens is 450 g/mol. The second kappa shape index (κ2) is 10.5. The Morgan fingerprint density at radius 2 is 1.94 bits per heavy atom. The maximum absolute atomic E-state index is 13.0. The van der Waals surface area contributed by atoms with Gasteiger partial charge in [0.15, 0.2) is 12.3 Å². The molecule has 0 aromatic rings. The van der Waals surface area contributed by atoms with E-state index in [4.69, 9.17) is 23.7 Å². The highest BCUT2D eigenvalue weighted by atomic mass is 16.7. The average molecular weight is 490 g/mol. The molecule has 3 aliphatic heterocycles. The van der Waals surface area contributed by atoms with Crippen LogP contribution in [0.5, 0.6) is 0 Å². The highest BCUT2D eigenvalue weighted by Gasteiger charge is 2.56. The minimum Gasteiger partial charge on any atom is -0.394 e. The van der Waals surface area contributed by atoms with Gasteiger partial charge in [0.2, 0.25) is 5.79 Å². The molecule has 196 valence electrons. The second-order valence-corrected chi connectivity index (χ2v) is 10.2. The van der Waals surface area contributed by atoms with Gasteiger partial charge >= 0.3 is 0 Å². The third kappa shape index (κ3) is 5.18. The summed E-state index contributed by atoms with van der Waals surface area (Å²) in [5.74, 6) is -3.07. The number of carbonyl (C=O) groups is 1. The summed E-state index contributed by atoms with van der Waals surface area (Å²) < 4.78 is 28.9. The SMILES string of the molecule is C=C1C[C@](O)([C@H](O)C(=O)N[C@H]2OCO[C@H]3[C@@H]2O[C@H](C[C@H](O)CO)C(C)(C)[C@@H]3OC)O[C@H](C)[C@@H]1C. The van der Waals surface area contributed by atoms with E-state index >= 15 is 0 Å². The molecule has 5 N–H and O–H groups in total. The van der Waals surface area contributed by atoms with E-state index in [1.165, 1.54) is 7.11 Å². The van der Waals surface area contributed by atoms with E-state index in [2.05, 4.69) is 11.9 Å². The van der Waals surface area contributed by atoms with Gasteiger partial charge in [0.1, 0.15) is 19.0 Å². The van der Waals surface area contributed by atoms with Gasteiger partial charge in [0.25, 0.3) is 5.91 Å². The van der Waals surface area contributed by atoms with E-state index in [9.17, 15) is 25.2 Å². The van der Waals surface area contributed by atoms with Crippen LogP contribution >= 0.6 is 0 Å². The monoisotopic (exact) mass is 489 g/mol. The van der Waals surface area contributed by atoms with Crippen molar-refractivity contribution in [3.05, 3.63) is 12.2 Å². The maximum Gasteiger partial charge on any atom is 0.256 e. The average Bonchev–Trinajstić information content (AvgIpc) is 2.77. The van der Waals surface area contributed by atoms with Crippen LogP contribution in [0, 0.1) is 11.3 Å². The van der Waals surface area contributed by atoms with Gasteiger partial charge in [0, 0.05) is 31.3 Å². The summed E-state index contributed by atoms with van der Waals surface area (Å²) in [5.41, 5.74) is 0.0667. The first kappa shape index (κ1) is 27.4. The molecule has 0 spiro atoms. The molecule has 0 unspecified atom stereocenters. The molecule has 3 saturated heterocycles. The van der Waals surface area contributed by atoms with Crippen LogP contribution < -0.4 is 5.32 Å². The zero-order valence-corrected chi connectivity index (χ0v) is 20.5. The van der Waals surface area contributed by atoms with Gasteiger partial charge in [-0.3, -0.25) is 4.79 Å². The number of fused-ring (bicyclic) bond motifs is 1. The van der Waals surface area contributed by atoms with Gasteiger partial charge in [-0.25, -0.2) is 0 Å². The highest BCUT2D eigenvalue weighted by molar-refractivity contribution is 5.82. The van der Waals surface area contributed by atoms with E-state index in [0.29, 0.717) is 5.57 Å². The van der Waals surface area contributed by atoms with Gasteiger partial charge in [-0.2, -0.15) is 0 Å². The lowest BCUT2D eigenvalue weighted by Gasteiger charge is -2.54. The Balaban J connectivity index is 1.77. The van der Waals surface area contributed by atoms with Gasteiger partial charge in [0.05, 0.1) is 31.0 Å². The number of carbonyl (C=O) groups excluding carboxylic acids is 1. The van der Waals surface area contributed by atoms with Crippen molar-refractivity contribution in [3.63, 3.8) is 0 Å². The lowest BCUT2D eigenvalue weighted by Crippen LogP contribution is -2.69. The first-order chi connectivity index (χ1) is 15.9. The van der Waals surface area contributed by atoms with Crippen LogP contribution in [-0.4, -0.2) is 102 Å². The lowest BCUT2D eigenvalue weighted by molar-refractivity contribution is -0.332. The van der Waals surface area contributed by atoms with E-state index in [1.54, 1.807) is 6.92 Å². The molecule has 10 atom stereocenters. The minimum absolute atomic E-state index is 0.0358. The van der Waals surface area contributed by atoms with Crippen molar-refractivity contribution in [2.45, 2.75) is 95.3 Å². The number of nitrogens with one attached hydrogen (secondary N) is 1. The first-order valence-corrected chi connectivity index (χ1v) is 11.6. The Hall–Kier alpha value is -1.15. The molecule has 0 aliphatic carbocycles. The number of aliphatic hydroxyl groups is 4. The summed E-state index contributed by atoms with van der Waals surface area (Å²) in [6.07, 6.45) is -6.85. The molecule has 0 radical (unpaired) electrons. The Kier molecular flexibility index (Phi) is 8.44. The van der Waals surface area contributed by atoms with Crippen molar-refractivity contribution in [1.82, 2.24) is 5.32 Å². The number of ether oxygens (including phenoxy) is 5. The second-order valence-electron chi connectivity index (χ2n) is 10.2. The fraction of sp³-hybridized carbons (Fsp3) is 0.870. The quantitative estimate of drug-likeness (QED) is 0.293. The predicted octanol–water partition coefficient (Wildman–Crippen LogP) is -0.596. The third-order valence-electron chi connectivity index (χ3n) is 7.44. The Labute approximate surface area is 200 Å². The summed E-state index contributed by atoms with van der Waals surface area (Å²) in [6, 6.07) is 0.